The van der Waals surface area contributed by atoms with E-state index in [1.807, 2.05) is 56.3 Å². The van der Waals surface area contributed by atoms with Crippen molar-refractivity contribution in [3.05, 3.63) is 95.1 Å². The van der Waals surface area contributed by atoms with E-state index in [0.717, 1.165) is 56.5 Å². The van der Waals surface area contributed by atoms with Crippen LogP contribution in [-0.2, 0) is 18.3 Å². The smallest absolute Gasteiger partial charge is 0.416 e. The van der Waals surface area contributed by atoms with Crippen molar-refractivity contribution in [2.24, 2.45) is 0 Å². The summed E-state index contributed by atoms with van der Waals surface area (Å²) in [5, 5.41) is 16.6. The van der Waals surface area contributed by atoms with Crippen LogP contribution in [-0.4, -0.2) is 59.3 Å². The van der Waals surface area contributed by atoms with E-state index in [1.165, 1.54) is 6.07 Å². The number of alkyl halides is 3. The monoisotopic (exact) mass is 646 g/mol. The molecule has 2 heterocycles. The van der Waals surface area contributed by atoms with Crippen LogP contribution in [0, 0.1) is 0 Å². The van der Waals surface area contributed by atoms with E-state index >= 15 is 0 Å². The molecular formula is C37H41F3N4O3. The standard InChI is InChI=1S/C37H41F3N4O3/c1-24(2)47-29-11-12-30-32(22-29)42-34(25-7-6-10-27(21-25)37(38,39)40)31(23-44-18-13-28(14-19-44)41-17-20-45)33(30)35(46)43-36(15-16-36)26-8-4-3-5-9-26/h3-12,21-22,24,28,41,45H,13-20,23H2,1-2H3,(H,43,46). The zero-order chi connectivity index (χ0) is 33.2. The number of likely N-dealkylation sites (tertiary alicyclic amines) is 1. The van der Waals surface area contributed by atoms with Gasteiger partial charge < -0.3 is 20.5 Å². The Morgan fingerprint density at radius 2 is 1.79 bits per heavy atom. The number of piperidine rings is 1. The Morgan fingerprint density at radius 1 is 1.04 bits per heavy atom. The van der Waals surface area contributed by atoms with Gasteiger partial charge in [-0.05, 0) is 82.4 Å². The lowest BCUT2D eigenvalue weighted by atomic mass is 9.93. The van der Waals surface area contributed by atoms with Crippen molar-refractivity contribution >= 4 is 16.8 Å². The molecule has 1 aliphatic heterocycles. The van der Waals surface area contributed by atoms with Crippen molar-refractivity contribution in [3.63, 3.8) is 0 Å². The number of ether oxygens (including phenoxy) is 1. The number of rotatable bonds is 11. The summed E-state index contributed by atoms with van der Waals surface area (Å²) in [5.41, 5.74) is 1.88. The summed E-state index contributed by atoms with van der Waals surface area (Å²) in [7, 11) is 0. The quantitative estimate of drug-likeness (QED) is 0.169. The second-order valence-corrected chi connectivity index (χ2v) is 12.9. The molecular weight excluding hydrogens is 605 g/mol. The maximum Gasteiger partial charge on any atom is 0.416 e. The second-order valence-electron chi connectivity index (χ2n) is 12.9. The molecule has 10 heteroatoms. The predicted octanol–water partition coefficient (Wildman–Crippen LogP) is 6.67. The summed E-state index contributed by atoms with van der Waals surface area (Å²) in [6, 6.07) is 20.7. The van der Waals surface area contributed by atoms with Gasteiger partial charge in [-0.3, -0.25) is 9.69 Å². The lowest BCUT2D eigenvalue weighted by molar-refractivity contribution is -0.137. The fourth-order valence-electron chi connectivity index (χ4n) is 6.56. The van der Waals surface area contributed by atoms with E-state index in [-0.39, 0.29) is 24.7 Å². The third kappa shape index (κ3) is 7.45. The number of nitrogens with zero attached hydrogens (tertiary/aromatic N) is 2. The van der Waals surface area contributed by atoms with E-state index < -0.39 is 17.3 Å². The molecule has 1 saturated carbocycles. The molecule has 248 valence electrons. The van der Waals surface area contributed by atoms with Gasteiger partial charge in [0.25, 0.3) is 5.91 Å². The van der Waals surface area contributed by atoms with Crippen LogP contribution in [0.4, 0.5) is 13.2 Å². The highest BCUT2D eigenvalue weighted by Crippen LogP contribution is 2.46. The number of pyridine rings is 1. The van der Waals surface area contributed by atoms with E-state index in [4.69, 9.17) is 9.72 Å². The van der Waals surface area contributed by atoms with Crippen molar-refractivity contribution in [3.8, 4) is 17.0 Å². The average Bonchev–Trinajstić information content (AvgIpc) is 3.84. The fourth-order valence-corrected chi connectivity index (χ4v) is 6.56. The summed E-state index contributed by atoms with van der Waals surface area (Å²) in [6.45, 7) is 6.19. The summed E-state index contributed by atoms with van der Waals surface area (Å²) in [4.78, 5) is 21.8. The van der Waals surface area contributed by atoms with Crippen LogP contribution < -0.4 is 15.4 Å². The van der Waals surface area contributed by atoms with Crippen LogP contribution in [0.25, 0.3) is 22.2 Å². The number of benzene rings is 3. The van der Waals surface area contributed by atoms with Crippen LogP contribution in [0.3, 0.4) is 0 Å². The third-order valence-corrected chi connectivity index (χ3v) is 9.06. The van der Waals surface area contributed by atoms with Gasteiger partial charge in [0.2, 0.25) is 0 Å². The van der Waals surface area contributed by atoms with E-state index in [9.17, 15) is 23.1 Å². The lowest BCUT2D eigenvalue weighted by Gasteiger charge is -2.33. The SMILES string of the molecule is CC(C)Oc1ccc2c(C(=O)NC3(c4ccccc4)CC3)c(CN3CCC(NCCO)CC3)c(-c3cccc(C(F)(F)F)c3)nc2c1. The van der Waals surface area contributed by atoms with Gasteiger partial charge in [0.15, 0.2) is 0 Å². The summed E-state index contributed by atoms with van der Waals surface area (Å²) < 4.78 is 47.8. The number of aliphatic hydroxyl groups is 1. The first kappa shape index (κ1) is 32.9. The highest BCUT2D eigenvalue weighted by Gasteiger charge is 2.46. The van der Waals surface area contributed by atoms with Crippen LogP contribution >= 0.6 is 0 Å². The average molecular weight is 647 g/mol. The zero-order valence-corrected chi connectivity index (χ0v) is 26.7. The van der Waals surface area contributed by atoms with Gasteiger partial charge in [-0.25, -0.2) is 4.98 Å². The van der Waals surface area contributed by atoms with Crippen molar-refractivity contribution in [1.29, 1.82) is 0 Å². The fraction of sp³-hybridized carbons (Fsp3) is 0.405. The molecule has 0 bridgehead atoms. The molecule has 0 atom stereocenters. The molecule has 3 N–H and O–H groups in total. The Labute approximate surface area is 273 Å². The molecule has 7 nitrogen and oxygen atoms in total. The molecule has 47 heavy (non-hydrogen) atoms. The first-order valence-electron chi connectivity index (χ1n) is 16.3. The molecule has 2 fully saturated rings. The van der Waals surface area contributed by atoms with E-state index in [1.54, 1.807) is 12.1 Å². The highest BCUT2D eigenvalue weighted by atomic mass is 19.4. The molecule has 0 spiro atoms. The number of fused-ring (bicyclic) bond motifs is 1. The number of nitrogens with one attached hydrogen (secondary N) is 2. The number of carbonyl (C=O) groups excluding carboxylic acids is 1. The lowest BCUT2D eigenvalue weighted by Crippen LogP contribution is -2.43. The molecule has 1 aromatic heterocycles. The van der Waals surface area contributed by atoms with Crippen LogP contribution in [0.5, 0.6) is 5.75 Å². The first-order valence-corrected chi connectivity index (χ1v) is 16.3. The third-order valence-electron chi connectivity index (χ3n) is 9.06. The van der Waals surface area contributed by atoms with Gasteiger partial charge in [-0.2, -0.15) is 13.2 Å². The minimum atomic E-state index is -4.54. The van der Waals surface area contributed by atoms with Crippen LogP contribution in [0.2, 0.25) is 0 Å². The Kier molecular flexibility index (Phi) is 9.55. The Balaban J connectivity index is 1.49. The van der Waals surface area contributed by atoms with Gasteiger partial charge >= 0.3 is 6.18 Å². The Morgan fingerprint density at radius 3 is 2.45 bits per heavy atom. The van der Waals surface area contributed by atoms with Crippen molar-refractivity contribution in [1.82, 2.24) is 20.5 Å². The van der Waals surface area contributed by atoms with Gasteiger partial charge in [0.1, 0.15) is 5.75 Å². The van der Waals surface area contributed by atoms with Crippen LogP contribution in [0.1, 0.15) is 66.6 Å². The zero-order valence-electron chi connectivity index (χ0n) is 26.7. The molecule has 4 aromatic rings. The minimum absolute atomic E-state index is 0.0657. The molecule has 6 rings (SSSR count). The second kappa shape index (κ2) is 13.6. The maximum atomic E-state index is 14.6. The number of halogens is 3. The molecule has 0 radical (unpaired) electrons. The molecule has 3 aromatic carbocycles. The predicted molar refractivity (Wildman–Crippen MR) is 176 cm³/mol. The number of aliphatic hydroxyl groups excluding tert-OH is 1. The van der Waals surface area contributed by atoms with Crippen molar-refractivity contribution < 1.29 is 27.8 Å². The van der Waals surface area contributed by atoms with Gasteiger partial charge in [-0.1, -0.05) is 42.5 Å². The van der Waals surface area contributed by atoms with Crippen molar-refractivity contribution in [2.45, 2.75) is 69.9 Å². The molecule has 1 aliphatic carbocycles. The van der Waals surface area contributed by atoms with E-state index in [2.05, 4.69) is 15.5 Å². The number of carbonyl (C=O) groups is 1. The van der Waals surface area contributed by atoms with Gasteiger partial charge in [0, 0.05) is 41.7 Å². The number of hydrogen-bond acceptors (Lipinski definition) is 6. The van der Waals surface area contributed by atoms with Gasteiger partial charge in [-0.15, -0.1) is 0 Å². The number of amides is 1. The number of hydrogen-bond donors (Lipinski definition) is 3. The van der Waals surface area contributed by atoms with Gasteiger partial charge in [0.05, 0.1) is 40.6 Å². The number of aromatic nitrogens is 1. The maximum absolute atomic E-state index is 14.6. The normalized spacial score (nSPS) is 16.8. The highest BCUT2D eigenvalue weighted by molar-refractivity contribution is 6.09. The molecule has 1 amide bonds. The summed E-state index contributed by atoms with van der Waals surface area (Å²) in [5.74, 6) is 0.286. The topological polar surface area (TPSA) is 86.7 Å². The Hall–Kier alpha value is -3.99. The molecule has 2 aliphatic rings. The first-order chi connectivity index (χ1) is 22.6. The Bertz CT molecular complexity index is 1720. The summed E-state index contributed by atoms with van der Waals surface area (Å²) in [6.07, 6.45) is -1.37. The minimum Gasteiger partial charge on any atom is -0.491 e. The summed E-state index contributed by atoms with van der Waals surface area (Å²) >= 11 is 0. The largest absolute Gasteiger partial charge is 0.491 e. The van der Waals surface area contributed by atoms with Crippen LogP contribution in [0.15, 0.2) is 72.8 Å². The van der Waals surface area contributed by atoms with E-state index in [0.29, 0.717) is 52.1 Å². The molecule has 0 unspecified atom stereocenters. The van der Waals surface area contributed by atoms with Crippen molar-refractivity contribution in [2.75, 3.05) is 26.2 Å². The molecule has 1 saturated heterocycles.